The lowest BCUT2D eigenvalue weighted by molar-refractivity contribution is 0.827. The van der Waals surface area contributed by atoms with Crippen LogP contribution in [-0.2, 0) is 0 Å². The fourth-order valence-corrected chi connectivity index (χ4v) is 1.01. The number of hydrogen-bond acceptors (Lipinski definition) is 0. The minimum Gasteiger partial charge on any atom is -0.0990 e. The molecule has 0 unspecified atom stereocenters. The average molecular weight is 175 g/mol. The number of rotatable bonds is 3. The van der Waals surface area contributed by atoms with Crippen molar-refractivity contribution in [3.63, 3.8) is 0 Å². The summed E-state index contributed by atoms with van der Waals surface area (Å²) in [6.07, 6.45) is 4.13. The molecule has 0 aromatic rings. The minimum absolute atomic E-state index is 0.990. The first-order valence-corrected chi connectivity index (χ1v) is 4.17. The maximum Gasteiger partial charge on any atom is 0.0239 e. The summed E-state index contributed by atoms with van der Waals surface area (Å²) in [6, 6.07) is 0. The second kappa shape index (κ2) is 2.67. The summed E-state index contributed by atoms with van der Waals surface area (Å²) in [5, 5.41) is 0.990. The first kappa shape index (κ1) is 6.34. The topological polar surface area (TPSA) is 0 Å². The highest BCUT2D eigenvalue weighted by Crippen LogP contribution is 2.34. The zero-order chi connectivity index (χ0) is 5.98. The van der Waals surface area contributed by atoms with Gasteiger partial charge in [0.05, 0.1) is 0 Å². The zero-order valence-corrected chi connectivity index (χ0v) is 6.58. The Kier molecular flexibility index (Phi) is 2.12. The summed E-state index contributed by atoms with van der Waals surface area (Å²) in [5.74, 6) is 1.00. The van der Waals surface area contributed by atoms with E-state index in [1.165, 1.54) is 24.8 Å². The summed E-state index contributed by atoms with van der Waals surface area (Å²) >= 11 is 3.37. The first-order chi connectivity index (χ1) is 3.83. The van der Waals surface area contributed by atoms with Crippen molar-refractivity contribution in [1.29, 1.82) is 0 Å². The highest BCUT2D eigenvalue weighted by molar-refractivity contribution is 9.09. The SMILES string of the molecule is C=C(CBr)CC1CC1. The van der Waals surface area contributed by atoms with Crippen LogP contribution in [0.2, 0.25) is 0 Å². The molecule has 0 aliphatic heterocycles. The Morgan fingerprint density at radius 1 is 1.62 bits per heavy atom. The molecule has 0 aromatic heterocycles. The highest BCUT2D eigenvalue weighted by atomic mass is 79.9. The van der Waals surface area contributed by atoms with Gasteiger partial charge in [-0.15, -0.1) is 0 Å². The van der Waals surface area contributed by atoms with Crippen LogP contribution in [0, 0.1) is 5.92 Å². The average Bonchev–Trinajstić information content (AvgIpc) is 2.50. The van der Waals surface area contributed by atoms with Crippen LogP contribution < -0.4 is 0 Å². The zero-order valence-electron chi connectivity index (χ0n) is 4.99. The van der Waals surface area contributed by atoms with Gasteiger partial charge in [-0.25, -0.2) is 0 Å². The summed E-state index contributed by atoms with van der Waals surface area (Å²) in [4.78, 5) is 0. The second-order valence-electron chi connectivity index (χ2n) is 2.53. The maximum atomic E-state index is 3.91. The van der Waals surface area contributed by atoms with E-state index in [0.717, 1.165) is 11.2 Å². The summed E-state index contributed by atoms with van der Waals surface area (Å²) < 4.78 is 0. The normalized spacial score (nSPS) is 18.6. The molecule has 1 fully saturated rings. The predicted molar refractivity (Wildman–Crippen MR) is 40.3 cm³/mol. The molecule has 1 heteroatoms. The second-order valence-corrected chi connectivity index (χ2v) is 3.09. The van der Waals surface area contributed by atoms with Crippen molar-refractivity contribution in [2.75, 3.05) is 5.33 Å². The molecule has 0 aromatic carbocycles. The summed E-state index contributed by atoms with van der Waals surface area (Å²) in [7, 11) is 0. The van der Waals surface area contributed by atoms with Gasteiger partial charge in [-0.3, -0.25) is 0 Å². The van der Waals surface area contributed by atoms with Crippen LogP contribution in [0.1, 0.15) is 19.3 Å². The largest absolute Gasteiger partial charge is 0.0990 e. The summed E-state index contributed by atoms with van der Waals surface area (Å²) in [5.41, 5.74) is 1.35. The van der Waals surface area contributed by atoms with Crippen molar-refractivity contribution in [3.05, 3.63) is 12.2 Å². The molecule has 0 atom stereocenters. The molecule has 0 spiro atoms. The number of alkyl halides is 1. The van der Waals surface area contributed by atoms with Crippen LogP contribution in [0.4, 0.5) is 0 Å². The van der Waals surface area contributed by atoms with Gasteiger partial charge in [0.15, 0.2) is 0 Å². The quantitative estimate of drug-likeness (QED) is 0.457. The Bertz CT molecular complexity index is 92.6. The van der Waals surface area contributed by atoms with Crippen LogP contribution in [0.25, 0.3) is 0 Å². The molecule has 0 N–H and O–H groups in total. The van der Waals surface area contributed by atoms with Gasteiger partial charge in [0.1, 0.15) is 0 Å². The standard InChI is InChI=1S/C7H11Br/c1-6(5-8)4-7-2-3-7/h7H,1-5H2. The monoisotopic (exact) mass is 174 g/mol. The Balaban J connectivity index is 2.07. The minimum atomic E-state index is 0.990. The molecule has 0 saturated heterocycles. The fraction of sp³-hybridized carbons (Fsp3) is 0.714. The van der Waals surface area contributed by atoms with Crippen molar-refractivity contribution in [2.24, 2.45) is 5.92 Å². The molecule has 0 heterocycles. The molecule has 0 nitrogen and oxygen atoms in total. The molecule has 1 aliphatic rings. The van der Waals surface area contributed by atoms with Crippen LogP contribution >= 0.6 is 15.9 Å². The van der Waals surface area contributed by atoms with Crippen molar-refractivity contribution in [2.45, 2.75) is 19.3 Å². The van der Waals surface area contributed by atoms with E-state index in [9.17, 15) is 0 Å². The smallest absolute Gasteiger partial charge is 0.0239 e. The molecule has 46 valence electrons. The fourth-order valence-electron chi connectivity index (χ4n) is 0.785. The van der Waals surface area contributed by atoms with E-state index >= 15 is 0 Å². The molecule has 1 aliphatic carbocycles. The molecular formula is C7H11Br. The van der Waals surface area contributed by atoms with Crippen LogP contribution in [0.3, 0.4) is 0 Å². The van der Waals surface area contributed by atoms with E-state index < -0.39 is 0 Å². The van der Waals surface area contributed by atoms with Crippen molar-refractivity contribution < 1.29 is 0 Å². The van der Waals surface area contributed by atoms with Crippen LogP contribution in [0.5, 0.6) is 0 Å². The maximum absolute atomic E-state index is 3.91. The lowest BCUT2D eigenvalue weighted by Crippen LogP contribution is -1.82. The van der Waals surface area contributed by atoms with Gasteiger partial charge in [-0.05, 0) is 25.2 Å². The van der Waals surface area contributed by atoms with Gasteiger partial charge in [0, 0.05) is 5.33 Å². The van der Waals surface area contributed by atoms with Gasteiger partial charge in [-0.1, -0.05) is 28.1 Å². The van der Waals surface area contributed by atoms with Crippen LogP contribution in [0.15, 0.2) is 12.2 Å². The van der Waals surface area contributed by atoms with Gasteiger partial charge in [0.2, 0.25) is 0 Å². The van der Waals surface area contributed by atoms with Gasteiger partial charge in [-0.2, -0.15) is 0 Å². The first-order valence-electron chi connectivity index (χ1n) is 3.05. The van der Waals surface area contributed by atoms with Gasteiger partial charge >= 0.3 is 0 Å². The molecule has 1 rings (SSSR count). The Labute approximate surface area is 59.1 Å². The Hall–Kier alpha value is 0.220. The van der Waals surface area contributed by atoms with E-state index in [0.29, 0.717) is 0 Å². The third-order valence-electron chi connectivity index (χ3n) is 1.46. The van der Waals surface area contributed by atoms with Gasteiger partial charge in [0.25, 0.3) is 0 Å². The molecule has 0 radical (unpaired) electrons. The van der Waals surface area contributed by atoms with E-state index in [4.69, 9.17) is 0 Å². The third-order valence-corrected chi connectivity index (χ3v) is 2.26. The van der Waals surface area contributed by atoms with E-state index in [1.807, 2.05) is 0 Å². The third kappa shape index (κ3) is 1.99. The predicted octanol–water partition coefficient (Wildman–Crippen LogP) is 2.74. The van der Waals surface area contributed by atoms with E-state index in [1.54, 1.807) is 0 Å². The highest BCUT2D eigenvalue weighted by Gasteiger charge is 2.21. The number of hydrogen-bond donors (Lipinski definition) is 0. The number of halogens is 1. The number of allylic oxidation sites excluding steroid dienone is 1. The Morgan fingerprint density at radius 2 is 2.25 bits per heavy atom. The molecule has 8 heavy (non-hydrogen) atoms. The van der Waals surface area contributed by atoms with E-state index in [-0.39, 0.29) is 0 Å². The molecule has 1 saturated carbocycles. The van der Waals surface area contributed by atoms with Crippen molar-refractivity contribution >= 4 is 15.9 Å². The molecule has 0 bridgehead atoms. The summed E-state index contributed by atoms with van der Waals surface area (Å²) in [6.45, 7) is 3.91. The Morgan fingerprint density at radius 3 is 2.62 bits per heavy atom. The van der Waals surface area contributed by atoms with E-state index in [2.05, 4.69) is 22.5 Å². The van der Waals surface area contributed by atoms with Crippen LogP contribution in [-0.4, -0.2) is 5.33 Å². The molecule has 0 amide bonds. The van der Waals surface area contributed by atoms with Crippen molar-refractivity contribution in [3.8, 4) is 0 Å². The van der Waals surface area contributed by atoms with Gasteiger partial charge < -0.3 is 0 Å². The van der Waals surface area contributed by atoms with Crippen molar-refractivity contribution in [1.82, 2.24) is 0 Å². The molecular weight excluding hydrogens is 164 g/mol. The lowest BCUT2D eigenvalue weighted by atomic mass is 10.2. The lowest BCUT2D eigenvalue weighted by Gasteiger charge is -1.95.